The molecule has 0 unspecified atom stereocenters. The van der Waals surface area contributed by atoms with E-state index in [0.717, 1.165) is 18.9 Å². The molecule has 1 aliphatic carbocycles. The zero-order valence-corrected chi connectivity index (χ0v) is 11.8. The van der Waals surface area contributed by atoms with Gasteiger partial charge in [-0.15, -0.1) is 0 Å². The summed E-state index contributed by atoms with van der Waals surface area (Å²) in [5.74, 6) is -1.24. The van der Waals surface area contributed by atoms with Gasteiger partial charge in [0.05, 0.1) is 11.7 Å². The van der Waals surface area contributed by atoms with Crippen LogP contribution in [0.3, 0.4) is 0 Å². The second-order valence-corrected chi connectivity index (χ2v) is 4.90. The van der Waals surface area contributed by atoms with Crippen LogP contribution in [0.2, 0.25) is 0 Å². The molecule has 0 aliphatic heterocycles. The predicted molar refractivity (Wildman–Crippen MR) is 76.8 cm³/mol. The van der Waals surface area contributed by atoms with Crippen LogP contribution in [0.25, 0.3) is 6.08 Å². The van der Waals surface area contributed by atoms with Gasteiger partial charge in [0.1, 0.15) is 0 Å². The van der Waals surface area contributed by atoms with Gasteiger partial charge in [-0.25, -0.2) is 4.79 Å². The van der Waals surface area contributed by atoms with Crippen molar-refractivity contribution in [3.8, 4) is 0 Å². The smallest absolute Gasteiger partial charge is 0.328 e. The highest BCUT2D eigenvalue weighted by Gasteiger charge is 2.30. The number of nitrogens with one attached hydrogen (secondary N) is 1. The second kappa shape index (κ2) is 6.99. The van der Waals surface area contributed by atoms with Crippen LogP contribution in [0, 0.1) is 0 Å². The summed E-state index contributed by atoms with van der Waals surface area (Å²) < 4.78 is 5.44. The maximum atomic E-state index is 12.1. The van der Waals surface area contributed by atoms with Crippen LogP contribution in [0.1, 0.15) is 35.7 Å². The Balaban J connectivity index is 1.91. The number of aromatic nitrogens is 1. The molecule has 6 nitrogen and oxygen atoms in total. The lowest BCUT2D eigenvalue weighted by molar-refractivity contribution is -0.131. The van der Waals surface area contributed by atoms with Crippen molar-refractivity contribution in [1.82, 2.24) is 10.3 Å². The third-order valence-corrected chi connectivity index (χ3v) is 3.27. The van der Waals surface area contributed by atoms with Gasteiger partial charge >= 0.3 is 5.97 Å². The Labute approximate surface area is 122 Å². The maximum Gasteiger partial charge on any atom is 0.328 e. The average molecular weight is 290 g/mol. The molecule has 1 fully saturated rings. The summed E-state index contributed by atoms with van der Waals surface area (Å²) in [5.41, 5.74) is 0.994. The normalized spacial score (nSPS) is 21.0. The van der Waals surface area contributed by atoms with Crippen LogP contribution in [-0.4, -0.2) is 40.7 Å². The number of carboxylic acid groups (broad SMARTS) is 1. The number of hydrogen-bond donors (Lipinski definition) is 2. The molecular weight excluding hydrogens is 272 g/mol. The number of aliphatic carboxylic acids is 1. The predicted octanol–water partition coefficient (Wildman–Crippen LogP) is 1.48. The van der Waals surface area contributed by atoms with Gasteiger partial charge in [-0.1, -0.05) is 0 Å². The molecule has 6 heteroatoms. The van der Waals surface area contributed by atoms with E-state index < -0.39 is 5.97 Å². The largest absolute Gasteiger partial charge is 0.478 e. The molecule has 21 heavy (non-hydrogen) atoms. The van der Waals surface area contributed by atoms with Gasteiger partial charge in [0.25, 0.3) is 5.91 Å². The lowest BCUT2D eigenvalue weighted by Crippen LogP contribution is -2.47. The van der Waals surface area contributed by atoms with E-state index in [1.54, 1.807) is 6.07 Å². The van der Waals surface area contributed by atoms with Crippen LogP contribution < -0.4 is 5.32 Å². The minimum Gasteiger partial charge on any atom is -0.478 e. The van der Waals surface area contributed by atoms with Crippen molar-refractivity contribution in [2.24, 2.45) is 0 Å². The van der Waals surface area contributed by atoms with Gasteiger partial charge in [-0.2, -0.15) is 0 Å². The van der Waals surface area contributed by atoms with Crippen molar-refractivity contribution in [2.75, 3.05) is 6.61 Å². The summed E-state index contributed by atoms with van der Waals surface area (Å²) >= 11 is 0. The monoisotopic (exact) mass is 290 g/mol. The molecule has 1 saturated carbocycles. The van der Waals surface area contributed by atoms with Gasteiger partial charge in [-0.05, 0) is 37.5 Å². The van der Waals surface area contributed by atoms with E-state index >= 15 is 0 Å². The zero-order chi connectivity index (χ0) is 15.2. The number of carbonyl (C=O) groups excluding carboxylic acids is 1. The van der Waals surface area contributed by atoms with Crippen LogP contribution in [-0.2, 0) is 9.53 Å². The van der Waals surface area contributed by atoms with Crippen LogP contribution in [0.5, 0.6) is 0 Å². The highest BCUT2D eigenvalue weighted by Crippen LogP contribution is 2.23. The molecule has 2 N–H and O–H groups in total. The first-order chi connectivity index (χ1) is 10.1. The standard InChI is InChI=1S/C15H18N2O4/c1-2-21-13-6-12(7-13)17-15(20)11-5-10(8-16-9-11)3-4-14(18)19/h3-5,8-9,12-13H,2,6-7H2,1H3,(H,17,20)(H,18,19)/b4-3+. The van der Waals surface area contributed by atoms with E-state index in [1.165, 1.54) is 18.5 Å². The van der Waals surface area contributed by atoms with Crippen molar-refractivity contribution in [2.45, 2.75) is 31.9 Å². The van der Waals surface area contributed by atoms with E-state index in [0.29, 0.717) is 17.7 Å². The molecule has 0 radical (unpaired) electrons. The second-order valence-electron chi connectivity index (χ2n) is 4.90. The Kier molecular flexibility index (Phi) is 5.05. The van der Waals surface area contributed by atoms with Crippen LogP contribution >= 0.6 is 0 Å². The van der Waals surface area contributed by atoms with Gasteiger partial charge in [0, 0.05) is 31.1 Å². The van der Waals surface area contributed by atoms with E-state index in [4.69, 9.17) is 9.84 Å². The molecule has 112 valence electrons. The fourth-order valence-corrected chi connectivity index (χ4v) is 2.16. The number of carbonyl (C=O) groups is 2. The third-order valence-electron chi connectivity index (χ3n) is 3.27. The highest BCUT2D eigenvalue weighted by molar-refractivity contribution is 5.95. The van der Waals surface area contributed by atoms with Gasteiger partial charge in [-0.3, -0.25) is 9.78 Å². The molecular formula is C15H18N2O4. The quantitative estimate of drug-likeness (QED) is 0.775. The molecule has 1 aromatic heterocycles. The molecule has 0 aromatic carbocycles. The molecule has 0 bridgehead atoms. The molecule has 1 heterocycles. The zero-order valence-electron chi connectivity index (χ0n) is 11.8. The van der Waals surface area contributed by atoms with Gasteiger partial charge in [0.2, 0.25) is 0 Å². The van der Waals surface area contributed by atoms with Crippen molar-refractivity contribution in [3.63, 3.8) is 0 Å². The first-order valence-corrected chi connectivity index (χ1v) is 6.87. The molecule has 0 saturated heterocycles. The fraction of sp³-hybridized carbons (Fsp3) is 0.400. The number of pyridine rings is 1. The van der Waals surface area contributed by atoms with E-state index in [2.05, 4.69) is 10.3 Å². The van der Waals surface area contributed by atoms with Crippen molar-refractivity contribution >= 4 is 18.0 Å². The van der Waals surface area contributed by atoms with E-state index in [-0.39, 0.29) is 18.1 Å². The van der Waals surface area contributed by atoms with Crippen molar-refractivity contribution < 1.29 is 19.4 Å². The minimum atomic E-state index is -1.04. The number of amides is 1. The Morgan fingerprint density at radius 2 is 2.24 bits per heavy atom. The van der Waals surface area contributed by atoms with Crippen molar-refractivity contribution in [1.29, 1.82) is 0 Å². The molecule has 0 spiro atoms. The Morgan fingerprint density at radius 1 is 1.48 bits per heavy atom. The summed E-state index contributed by atoms with van der Waals surface area (Å²) in [6.07, 6.45) is 7.27. The summed E-state index contributed by atoms with van der Waals surface area (Å²) in [6, 6.07) is 1.74. The Bertz CT molecular complexity index is 550. The average Bonchev–Trinajstić information content (AvgIpc) is 2.43. The lowest BCUT2D eigenvalue weighted by atomic mass is 9.89. The number of hydrogen-bond acceptors (Lipinski definition) is 4. The number of carboxylic acids is 1. The summed E-state index contributed by atoms with van der Waals surface area (Å²) in [4.78, 5) is 26.5. The van der Waals surface area contributed by atoms with Crippen molar-refractivity contribution in [3.05, 3.63) is 35.7 Å². The topological polar surface area (TPSA) is 88.5 Å². The molecule has 0 atom stereocenters. The molecule has 1 aromatic rings. The number of nitrogens with zero attached hydrogens (tertiary/aromatic N) is 1. The highest BCUT2D eigenvalue weighted by atomic mass is 16.5. The first kappa shape index (κ1) is 15.2. The SMILES string of the molecule is CCOC1CC(NC(=O)c2cncc(/C=C/C(=O)O)c2)C1. The Morgan fingerprint density at radius 3 is 2.90 bits per heavy atom. The van der Waals surface area contributed by atoms with E-state index in [9.17, 15) is 9.59 Å². The van der Waals surface area contributed by atoms with Gasteiger partial charge < -0.3 is 15.2 Å². The minimum absolute atomic E-state index is 0.132. The third kappa shape index (κ3) is 4.39. The van der Waals surface area contributed by atoms with Crippen LogP contribution in [0.15, 0.2) is 24.5 Å². The molecule has 2 rings (SSSR count). The maximum absolute atomic E-state index is 12.1. The van der Waals surface area contributed by atoms with E-state index in [1.807, 2.05) is 6.92 Å². The molecule has 1 aliphatic rings. The Hall–Kier alpha value is -2.21. The number of ether oxygens (including phenoxy) is 1. The number of rotatable bonds is 6. The first-order valence-electron chi connectivity index (χ1n) is 6.87. The fourth-order valence-electron chi connectivity index (χ4n) is 2.16. The van der Waals surface area contributed by atoms with Gasteiger partial charge in [0.15, 0.2) is 0 Å². The summed E-state index contributed by atoms with van der Waals surface area (Å²) in [5, 5.41) is 11.5. The molecule has 1 amide bonds. The van der Waals surface area contributed by atoms with Crippen LogP contribution in [0.4, 0.5) is 0 Å². The lowest BCUT2D eigenvalue weighted by Gasteiger charge is -2.35. The summed E-state index contributed by atoms with van der Waals surface area (Å²) in [7, 11) is 0. The summed E-state index contributed by atoms with van der Waals surface area (Å²) in [6.45, 7) is 2.64.